The van der Waals surface area contributed by atoms with E-state index in [-0.39, 0.29) is 24.6 Å². The lowest BCUT2D eigenvalue weighted by atomic mass is 10.00. The van der Waals surface area contributed by atoms with Crippen molar-refractivity contribution in [2.75, 3.05) is 13.8 Å². The van der Waals surface area contributed by atoms with Gasteiger partial charge in [-0.25, -0.2) is 4.39 Å². The predicted molar refractivity (Wildman–Crippen MR) is 86.5 cm³/mol. The zero-order valence-corrected chi connectivity index (χ0v) is 13.4. The van der Waals surface area contributed by atoms with Crippen molar-refractivity contribution < 1.29 is 18.7 Å². The summed E-state index contributed by atoms with van der Waals surface area (Å²) in [6.45, 7) is 0.132. The number of halogens is 1. The molecule has 0 radical (unpaired) electrons. The third kappa shape index (κ3) is 2.60. The molecule has 1 amide bonds. The van der Waals surface area contributed by atoms with Crippen LogP contribution in [-0.2, 0) is 0 Å². The van der Waals surface area contributed by atoms with Gasteiger partial charge in [0.2, 0.25) is 6.79 Å². The van der Waals surface area contributed by atoms with E-state index in [4.69, 9.17) is 9.47 Å². The Labute approximate surface area is 139 Å². The largest absolute Gasteiger partial charge is 0.454 e. The first-order chi connectivity index (χ1) is 11.6. The van der Waals surface area contributed by atoms with Crippen LogP contribution in [0.25, 0.3) is 0 Å². The van der Waals surface area contributed by atoms with E-state index in [1.165, 1.54) is 12.1 Å². The molecule has 1 saturated carbocycles. The summed E-state index contributed by atoms with van der Waals surface area (Å²) in [5.74, 6) is 1.13. The smallest absolute Gasteiger partial charge is 0.258 e. The number of amides is 1. The minimum Gasteiger partial charge on any atom is -0.454 e. The van der Waals surface area contributed by atoms with Gasteiger partial charge in [-0.1, -0.05) is 18.2 Å². The number of fused-ring (bicyclic) bond motifs is 1. The molecule has 2 aromatic rings. The van der Waals surface area contributed by atoms with Crippen molar-refractivity contribution in [2.45, 2.75) is 18.9 Å². The van der Waals surface area contributed by atoms with Gasteiger partial charge in [0.1, 0.15) is 5.82 Å². The number of ether oxygens (including phenoxy) is 2. The Morgan fingerprint density at radius 3 is 2.62 bits per heavy atom. The highest BCUT2D eigenvalue weighted by molar-refractivity contribution is 5.98. The molecule has 4 nitrogen and oxygen atoms in total. The lowest BCUT2D eigenvalue weighted by Gasteiger charge is -2.29. The second-order valence-corrected chi connectivity index (χ2v) is 6.29. The summed E-state index contributed by atoms with van der Waals surface area (Å²) >= 11 is 0. The maximum absolute atomic E-state index is 13.2. The van der Waals surface area contributed by atoms with Crippen LogP contribution in [0.5, 0.6) is 11.5 Å². The summed E-state index contributed by atoms with van der Waals surface area (Å²) < 4.78 is 24.0. The van der Waals surface area contributed by atoms with Crippen LogP contribution in [0.15, 0.2) is 42.5 Å². The molecule has 0 N–H and O–H groups in total. The summed E-state index contributed by atoms with van der Waals surface area (Å²) in [6.07, 6.45) is 2.15. The molecule has 4 rings (SSSR count). The van der Waals surface area contributed by atoms with Crippen LogP contribution in [0.1, 0.15) is 34.8 Å². The van der Waals surface area contributed by atoms with E-state index < -0.39 is 0 Å². The number of hydrogen-bond acceptors (Lipinski definition) is 3. The number of carbonyl (C=O) groups excluding carboxylic acids is 1. The zero-order chi connectivity index (χ0) is 16.7. The first-order valence-corrected chi connectivity index (χ1v) is 8.06. The van der Waals surface area contributed by atoms with E-state index in [0.717, 1.165) is 18.4 Å². The van der Waals surface area contributed by atoms with Crippen LogP contribution in [-0.4, -0.2) is 24.6 Å². The molecule has 0 unspecified atom stereocenters. The monoisotopic (exact) mass is 327 g/mol. The number of para-hydroxylation sites is 1. The Balaban J connectivity index is 1.66. The molecular formula is C19H18FNO3. The summed E-state index contributed by atoms with van der Waals surface area (Å²) in [7, 11) is 1.80. The zero-order valence-electron chi connectivity index (χ0n) is 13.4. The highest BCUT2D eigenvalue weighted by Gasteiger charge is 2.38. The molecule has 2 aromatic carbocycles. The minimum atomic E-state index is -0.270. The molecule has 24 heavy (non-hydrogen) atoms. The number of hydrogen-bond donors (Lipinski definition) is 0. The lowest BCUT2D eigenvalue weighted by molar-refractivity contribution is 0.0706. The molecule has 2 aliphatic rings. The van der Waals surface area contributed by atoms with Gasteiger partial charge < -0.3 is 14.4 Å². The summed E-state index contributed by atoms with van der Waals surface area (Å²) in [5, 5.41) is 0. The first-order valence-electron chi connectivity index (χ1n) is 8.06. The predicted octanol–water partition coefficient (Wildman–Crippen LogP) is 3.78. The van der Waals surface area contributed by atoms with Crippen molar-refractivity contribution in [2.24, 2.45) is 5.92 Å². The maximum atomic E-state index is 13.2. The molecule has 0 spiro atoms. The van der Waals surface area contributed by atoms with E-state index in [9.17, 15) is 9.18 Å². The van der Waals surface area contributed by atoms with Crippen molar-refractivity contribution in [1.29, 1.82) is 0 Å². The molecule has 0 aromatic heterocycles. The average molecular weight is 327 g/mol. The van der Waals surface area contributed by atoms with Crippen LogP contribution >= 0.6 is 0 Å². The summed E-state index contributed by atoms with van der Waals surface area (Å²) in [4.78, 5) is 14.8. The van der Waals surface area contributed by atoms with Gasteiger partial charge >= 0.3 is 0 Å². The van der Waals surface area contributed by atoms with Gasteiger partial charge in [-0.2, -0.15) is 0 Å². The Kier molecular flexibility index (Phi) is 3.63. The molecule has 1 aliphatic carbocycles. The van der Waals surface area contributed by atoms with Gasteiger partial charge in [-0.3, -0.25) is 4.79 Å². The fourth-order valence-corrected chi connectivity index (χ4v) is 3.30. The van der Waals surface area contributed by atoms with E-state index in [2.05, 4.69) is 0 Å². The standard InChI is InChI=1S/C19H18FNO3/c1-21(17(12-5-6-12)13-7-9-14(20)10-8-13)19(22)15-3-2-4-16-18(15)24-11-23-16/h2-4,7-10,12,17H,5-6,11H2,1H3/t17-/m1/s1. The Bertz CT molecular complexity index is 771. The van der Waals surface area contributed by atoms with E-state index in [1.54, 1.807) is 42.3 Å². The van der Waals surface area contributed by atoms with Gasteiger partial charge in [-0.15, -0.1) is 0 Å². The molecule has 1 atom stereocenters. The number of rotatable bonds is 4. The molecule has 124 valence electrons. The van der Waals surface area contributed by atoms with Crippen molar-refractivity contribution in [3.05, 3.63) is 59.4 Å². The maximum Gasteiger partial charge on any atom is 0.258 e. The second kappa shape index (κ2) is 5.82. The minimum absolute atomic E-state index is 0.0590. The average Bonchev–Trinajstić information content (AvgIpc) is 3.30. The van der Waals surface area contributed by atoms with E-state index in [0.29, 0.717) is 23.0 Å². The molecule has 5 heteroatoms. The van der Waals surface area contributed by atoms with Gasteiger partial charge in [0.05, 0.1) is 11.6 Å². The van der Waals surface area contributed by atoms with Gasteiger partial charge in [0.15, 0.2) is 11.5 Å². The Hall–Kier alpha value is -2.56. The number of nitrogens with zero attached hydrogens (tertiary/aromatic N) is 1. The van der Waals surface area contributed by atoms with Gasteiger partial charge in [0.25, 0.3) is 5.91 Å². The highest BCUT2D eigenvalue weighted by atomic mass is 19.1. The topological polar surface area (TPSA) is 38.8 Å². The van der Waals surface area contributed by atoms with Gasteiger partial charge in [-0.05, 0) is 48.6 Å². The molecule has 1 fully saturated rings. The van der Waals surface area contributed by atoms with Crippen LogP contribution in [0.3, 0.4) is 0 Å². The SMILES string of the molecule is CN(C(=O)c1cccc2c1OCO2)[C@@H](c1ccc(F)cc1)C1CC1. The van der Waals surface area contributed by atoms with Crippen LogP contribution in [0, 0.1) is 11.7 Å². The Morgan fingerprint density at radius 2 is 1.92 bits per heavy atom. The van der Waals surface area contributed by atoms with Crippen molar-refractivity contribution in [3.63, 3.8) is 0 Å². The summed E-state index contributed by atoms with van der Waals surface area (Å²) in [6, 6.07) is 11.7. The van der Waals surface area contributed by atoms with E-state index >= 15 is 0 Å². The molecule has 1 aliphatic heterocycles. The third-order valence-electron chi connectivity index (χ3n) is 4.64. The molecular weight excluding hydrogens is 309 g/mol. The van der Waals surface area contributed by atoms with Crippen LogP contribution < -0.4 is 9.47 Å². The van der Waals surface area contributed by atoms with E-state index in [1.807, 2.05) is 0 Å². The summed E-state index contributed by atoms with van der Waals surface area (Å²) in [5.41, 5.74) is 1.46. The molecule has 1 heterocycles. The first kappa shape index (κ1) is 15.0. The second-order valence-electron chi connectivity index (χ2n) is 6.29. The fourth-order valence-electron chi connectivity index (χ4n) is 3.30. The normalized spacial score (nSPS) is 16.8. The molecule has 0 bridgehead atoms. The molecule has 0 saturated heterocycles. The van der Waals surface area contributed by atoms with Crippen molar-refractivity contribution in [3.8, 4) is 11.5 Å². The van der Waals surface area contributed by atoms with Gasteiger partial charge in [0, 0.05) is 7.05 Å². The fraction of sp³-hybridized carbons (Fsp3) is 0.316. The highest BCUT2D eigenvalue weighted by Crippen LogP contribution is 2.45. The number of carbonyl (C=O) groups is 1. The third-order valence-corrected chi connectivity index (χ3v) is 4.64. The number of benzene rings is 2. The van der Waals surface area contributed by atoms with Crippen LogP contribution in [0.2, 0.25) is 0 Å². The van der Waals surface area contributed by atoms with Crippen molar-refractivity contribution >= 4 is 5.91 Å². The van der Waals surface area contributed by atoms with Crippen LogP contribution in [0.4, 0.5) is 4.39 Å². The van der Waals surface area contributed by atoms with Crippen molar-refractivity contribution in [1.82, 2.24) is 4.90 Å². The quantitative estimate of drug-likeness (QED) is 0.858. The Morgan fingerprint density at radius 1 is 1.17 bits per heavy atom. The lowest BCUT2D eigenvalue weighted by Crippen LogP contribution is -2.32.